The Morgan fingerprint density at radius 2 is 1.58 bits per heavy atom. The number of aromatic hydroxyl groups is 1. The quantitative estimate of drug-likeness (QED) is 0.733. The number of para-hydroxylation sites is 1. The average molecular weight is 262 g/mol. The van der Waals surface area contributed by atoms with Crippen molar-refractivity contribution in [1.82, 2.24) is 0 Å². The molecule has 0 spiro atoms. The van der Waals surface area contributed by atoms with Crippen LogP contribution < -0.4 is 0 Å². The van der Waals surface area contributed by atoms with Crippen LogP contribution in [0.4, 0.5) is 0 Å². The van der Waals surface area contributed by atoms with Crippen molar-refractivity contribution in [3.8, 4) is 5.75 Å². The highest BCUT2D eigenvalue weighted by Crippen LogP contribution is 2.39. The molecule has 1 heteroatoms. The summed E-state index contributed by atoms with van der Waals surface area (Å²) in [6.07, 6.45) is 2.28. The first-order chi connectivity index (χ1) is 8.71. The maximum Gasteiger partial charge on any atom is 0.119 e. The summed E-state index contributed by atoms with van der Waals surface area (Å²) in [4.78, 5) is 0. The summed E-state index contributed by atoms with van der Waals surface area (Å²) in [5.74, 6) is 2.19. The zero-order chi connectivity index (χ0) is 14.6. The molecule has 0 fully saturated rings. The molecule has 0 aliphatic carbocycles. The van der Waals surface area contributed by atoms with Crippen LogP contribution in [0.15, 0.2) is 24.3 Å². The minimum atomic E-state index is 0.319. The van der Waals surface area contributed by atoms with Crippen LogP contribution in [0.25, 0.3) is 0 Å². The Balaban J connectivity index is 2.93. The predicted molar refractivity (Wildman–Crippen MR) is 83.5 cm³/mol. The number of rotatable bonds is 5. The highest BCUT2D eigenvalue weighted by Gasteiger charge is 2.26. The smallest absolute Gasteiger partial charge is 0.119 e. The van der Waals surface area contributed by atoms with E-state index < -0.39 is 0 Å². The number of phenolic OH excluding ortho intramolecular Hbond substituents is 1. The zero-order valence-electron chi connectivity index (χ0n) is 13.4. The summed E-state index contributed by atoms with van der Waals surface area (Å²) in [7, 11) is 0. The molecule has 0 saturated carbocycles. The lowest BCUT2D eigenvalue weighted by atomic mass is 9.74. The summed E-state index contributed by atoms with van der Waals surface area (Å²) in [6, 6.07) is 7.82. The lowest BCUT2D eigenvalue weighted by molar-refractivity contribution is 0.224. The third kappa shape index (κ3) is 4.89. The molecule has 0 aliphatic heterocycles. The van der Waals surface area contributed by atoms with Crippen LogP contribution in [0.2, 0.25) is 0 Å². The summed E-state index contributed by atoms with van der Waals surface area (Å²) >= 11 is 0. The summed E-state index contributed by atoms with van der Waals surface area (Å²) in [6.45, 7) is 13.7. The van der Waals surface area contributed by atoms with E-state index in [0.29, 0.717) is 28.9 Å². The van der Waals surface area contributed by atoms with E-state index in [1.807, 2.05) is 18.2 Å². The fourth-order valence-electron chi connectivity index (χ4n) is 2.53. The molecule has 0 saturated heterocycles. The maximum absolute atomic E-state index is 10.1. The van der Waals surface area contributed by atoms with Gasteiger partial charge in [-0.05, 0) is 47.6 Å². The lowest BCUT2D eigenvalue weighted by Crippen LogP contribution is -2.20. The van der Waals surface area contributed by atoms with Gasteiger partial charge in [0.15, 0.2) is 0 Å². The van der Waals surface area contributed by atoms with Gasteiger partial charge >= 0.3 is 0 Å². The van der Waals surface area contributed by atoms with Gasteiger partial charge in [0.1, 0.15) is 5.75 Å². The topological polar surface area (TPSA) is 20.2 Å². The van der Waals surface area contributed by atoms with E-state index in [-0.39, 0.29) is 0 Å². The molecule has 0 aromatic heterocycles. The molecule has 0 amide bonds. The van der Waals surface area contributed by atoms with Crippen LogP contribution in [0, 0.1) is 17.3 Å². The van der Waals surface area contributed by atoms with Crippen LogP contribution in [0.3, 0.4) is 0 Å². The van der Waals surface area contributed by atoms with Crippen LogP contribution >= 0.6 is 0 Å². The third-order valence-electron chi connectivity index (χ3n) is 4.25. The van der Waals surface area contributed by atoms with Crippen LogP contribution in [-0.4, -0.2) is 5.11 Å². The monoisotopic (exact) mass is 262 g/mol. The van der Waals surface area contributed by atoms with Crippen molar-refractivity contribution < 1.29 is 5.11 Å². The van der Waals surface area contributed by atoms with Gasteiger partial charge in [0.05, 0.1) is 0 Å². The van der Waals surface area contributed by atoms with Gasteiger partial charge in [-0.15, -0.1) is 0 Å². The number of phenols is 1. The van der Waals surface area contributed by atoms with Crippen LogP contribution in [0.1, 0.15) is 65.9 Å². The van der Waals surface area contributed by atoms with Gasteiger partial charge in [-0.3, -0.25) is 0 Å². The Morgan fingerprint density at radius 1 is 1.00 bits per heavy atom. The highest BCUT2D eigenvalue weighted by molar-refractivity contribution is 5.35. The van der Waals surface area contributed by atoms with Gasteiger partial charge in [0.25, 0.3) is 0 Å². The number of benzene rings is 1. The molecular weight excluding hydrogens is 232 g/mol. The van der Waals surface area contributed by atoms with Gasteiger partial charge < -0.3 is 5.11 Å². The van der Waals surface area contributed by atoms with Crippen molar-refractivity contribution in [2.75, 3.05) is 0 Å². The Bertz CT molecular complexity index is 387. The van der Waals surface area contributed by atoms with E-state index in [1.165, 1.54) is 0 Å². The highest BCUT2D eigenvalue weighted by atomic mass is 16.3. The Morgan fingerprint density at radius 3 is 2.05 bits per heavy atom. The van der Waals surface area contributed by atoms with Gasteiger partial charge in [-0.1, -0.05) is 59.7 Å². The largest absolute Gasteiger partial charge is 0.508 e. The first-order valence-corrected chi connectivity index (χ1v) is 7.49. The average Bonchev–Trinajstić information content (AvgIpc) is 2.26. The molecule has 1 rings (SSSR count). The first-order valence-electron chi connectivity index (χ1n) is 7.49. The van der Waals surface area contributed by atoms with Gasteiger partial charge in [-0.2, -0.15) is 0 Å². The third-order valence-corrected chi connectivity index (χ3v) is 4.25. The molecule has 1 aromatic carbocycles. The molecule has 0 heterocycles. The van der Waals surface area contributed by atoms with Gasteiger partial charge in [-0.25, -0.2) is 0 Å². The van der Waals surface area contributed by atoms with E-state index in [0.717, 1.165) is 18.4 Å². The van der Waals surface area contributed by atoms with E-state index in [4.69, 9.17) is 0 Å². The fourth-order valence-corrected chi connectivity index (χ4v) is 2.53. The van der Waals surface area contributed by atoms with Crippen LogP contribution in [-0.2, 0) is 0 Å². The molecule has 1 aromatic rings. The van der Waals surface area contributed by atoms with Crippen molar-refractivity contribution in [2.45, 2.75) is 60.3 Å². The molecular formula is C18H30O. The lowest BCUT2D eigenvalue weighted by Gasteiger charge is -2.32. The van der Waals surface area contributed by atoms with Crippen molar-refractivity contribution in [1.29, 1.82) is 0 Å². The fraction of sp³-hybridized carbons (Fsp3) is 0.667. The molecule has 0 bridgehead atoms. The van der Waals surface area contributed by atoms with E-state index >= 15 is 0 Å². The second-order valence-electron chi connectivity index (χ2n) is 7.39. The van der Waals surface area contributed by atoms with Gasteiger partial charge in [0, 0.05) is 0 Å². The molecule has 2 atom stereocenters. The molecule has 2 unspecified atom stereocenters. The van der Waals surface area contributed by atoms with Crippen molar-refractivity contribution >= 4 is 0 Å². The molecule has 19 heavy (non-hydrogen) atoms. The Kier molecular flexibility index (Phi) is 5.46. The van der Waals surface area contributed by atoms with Crippen LogP contribution in [0.5, 0.6) is 5.75 Å². The maximum atomic E-state index is 10.1. The minimum Gasteiger partial charge on any atom is -0.508 e. The molecule has 0 aliphatic rings. The molecule has 108 valence electrons. The van der Waals surface area contributed by atoms with Gasteiger partial charge in [0.2, 0.25) is 0 Å². The normalized spacial score (nSPS) is 15.5. The number of hydrogen-bond donors (Lipinski definition) is 1. The summed E-state index contributed by atoms with van der Waals surface area (Å²) < 4.78 is 0. The zero-order valence-corrected chi connectivity index (χ0v) is 13.4. The molecule has 1 nitrogen and oxygen atoms in total. The molecule has 0 radical (unpaired) electrons. The first kappa shape index (κ1) is 16.1. The number of hydrogen-bond acceptors (Lipinski definition) is 1. The van der Waals surface area contributed by atoms with Crippen molar-refractivity contribution in [3.63, 3.8) is 0 Å². The second kappa shape index (κ2) is 6.45. The minimum absolute atomic E-state index is 0.319. The van der Waals surface area contributed by atoms with Crippen molar-refractivity contribution in [3.05, 3.63) is 29.8 Å². The van der Waals surface area contributed by atoms with E-state index in [2.05, 4.69) is 47.6 Å². The Hall–Kier alpha value is -0.980. The SMILES string of the molecule is CC(C)CC(CC(C)C(C)(C)C)c1ccccc1O. The standard InChI is InChI=1S/C18H30O/c1-13(2)11-15(12-14(3)18(4,5)6)16-9-7-8-10-17(16)19/h7-10,13-15,19H,11-12H2,1-6H3. The van der Waals surface area contributed by atoms with Crippen molar-refractivity contribution in [2.24, 2.45) is 17.3 Å². The van der Waals surface area contributed by atoms with E-state index in [1.54, 1.807) is 0 Å². The molecule has 1 N–H and O–H groups in total. The predicted octanol–water partition coefficient (Wildman–Crippen LogP) is 5.59. The second-order valence-corrected chi connectivity index (χ2v) is 7.39. The summed E-state index contributed by atoms with van der Waals surface area (Å²) in [5.41, 5.74) is 1.44. The van der Waals surface area contributed by atoms with E-state index in [9.17, 15) is 5.11 Å². The Labute approximate surface area is 119 Å². The summed E-state index contributed by atoms with van der Waals surface area (Å²) in [5, 5.41) is 10.1.